The van der Waals surface area contributed by atoms with Gasteiger partial charge in [-0.15, -0.1) is 0 Å². The van der Waals surface area contributed by atoms with Crippen LogP contribution in [0.15, 0.2) is 61.3 Å². The van der Waals surface area contributed by atoms with Crippen molar-refractivity contribution in [2.45, 2.75) is 18.6 Å². The quantitative estimate of drug-likeness (QED) is 0.378. The molecular weight excluding hydrogens is 501 g/mol. The summed E-state index contributed by atoms with van der Waals surface area (Å²) in [6, 6.07) is 8.41. The van der Waals surface area contributed by atoms with Crippen molar-refractivity contribution >= 4 is 28.4 Å². The van der Waals surface area contributed by atoms with Crippen LogP contribution in [0, 0.1) is 0 Å². The molecule has 5 rings (SSSR count). The van der Waals surface area contributed by atoms with Crippen LogP contribution in [0.2, 0.25) is 0 Å². The van der Waals surface area contributed by atoms with Gasteiger partial charge in [0.1, 0.15) is 0 Å². The molecule has 0 spiro atoms. The van der Waals surface area contributed by atoms with E-state index in [2.05, 4.69) is 35.1 Å². The molecule has 10 nitrogen and oxygen atoms in total. The molecule has 1 unspecified atom stereocenters. The number of alkyl halides is 3. The lowest BCUT2D eigenvalue weighted by atomic mass is 10.1. The first-order chi connectivity index (χ1) is 18.3. The summed E-state index contributed by atoms with van der Waals surface area (Å²) in [7, 11) is 0. The SMILES string of the molecule is O=C(CC(CO)N1CCN(c2ncccn2)CC1)Nc1ccc2c(ccn2-c2ncc(C(F)(F)F)cn2)c1. The number of fused-ring (bicyclic) bond motifs is 1. The van der Waals surface area contributed by atoms with Crippen LogP contribution in [-0.2, 0) is 11.0 Å². The molecule has 0 bridgehead atoms. The van der Waals surface area contributed by atoms with Gasteiger partial charge in [0, 0.05) is 80.7 Å². The number of aromatic nitrogens is 5. The Morgan fingerprint density at radius 1 is 1.00 bits per heavy atom. The van der Waals surface area contributed by atoms with Crippen LogP contribution in [0.3, 0.4) is 0 Å². The van der Waals surface area contributed by atoms with E-state index in [0.717, 1.165) is 17.8 Å². The number of nitrogens with zero attached hydrogens (tertiary/aromatic N) is 7. The van der Waals surface area contributed by atoms with Gasteiger partial charge in [0.05, 0.1) is 17.7 Å². The highest BCUT2D eigenvalue weighted by molar-refractivity contribution is 5.94. The lowest BCUT2D eigenvalue weighted by Gasteiger charge is -2.38. The lowest BCUT2D eigenvalue weighted by Crippen LogP contribution is -2.52. The van der Waals surface area contributed by atoms with Gasteiger partial charge >= 0.3 is 6.18 Å². The van der Waals surface area contributed by atoms with E-state index in [0.29, 0.717) is 43.3 Å². The van der Waals surface area contributed by atoms with Gasteiger partial charge in [-0.1, -0.05) is 0 Å². The fourth-order valence-corrected chi connectivity index (χ4v) is 4.46. The molecular formula is C25H25F3N8O2. The normalized spacial score (nSPS) is 15.5. The fourth-order valence-electron chi connectivity index (χ4n) is 4.46. The molecule has 38 heavy (non-hydrogen) atoms. The molecule has 1 aliphatic rings. The Balaban J connectivity index is 1.20. The van der Waals surface area contributed by atoms with Gasteiger partial charge in [-0.25, -0.2) is 19.9 Å². The second kappa shape index (κ2) is 10.7. The maximum absolute atomic E-state index is 12.8. The van der Waals surface area contributed by atoms with Gasteiger partial charge in [-0.2, -0.15) is 13.2 Å². The van der Waals surface area contributed by atoms with E-state index in [1.807, 2.05) is 0 Å². The third-order valence-corrected chi connectivity index (χ3v) is 6.45. The molecule has 4 heterocycles. The van der Waals surface area contributed by atoms with E-state index in [1.165, 1.54) is 0 Å². The zero-order valence-corrected chi connectivity index (χ0v) is 20.2. The minimum Gasteiger partial charge on any atom is -0.395 e. The van der Waals surface area contributed by atoms with Crippen LogP contribution in [0.25, 0.3) is 16.9 Å². The first-order valence-electron chi connectivity index (χ1n) is 12.0. The van der Waals surface area contributed by atoms with Crippen molar-refractivity contribution in [1.29, 1.82) is 0 Å². The second-order valence-electron chi connectivity index (χ2n) is 8.89. The summed E-state index contributed by atoms with van der Waals surface area (Å²) >= 11 is 0. The molecule has 1 saturated heterocycles. The lowest BCUT2D eigenvalue weighted by molar-refractivity contribution is -0.138. The summed E-state index contributed by atoms with van der Waals surface area (Å²) < 4.78 is 40.0. The Labute approximate surface area is 215 Å². The van der Waals surface area contributed by atoms with Crippen molar-refractivity contribution in [2.24, 2.45) is 0 Å². The molecule has 4 aromatic rings. The molecule has 1 amide bonds. The van der Waals surface area contributed by atoms with Crippen LogP contribution >= 0.6 is 0 Å². The molecule has 0 radical (unpaired) electrons. The number of carbonyl (C=O) groups excluding carboxylic acids is 1. The van der Waals surface area contributed by atoms with Crippen molar-refractivity contribution < 1.29 is 23.1 Å². The Morgan fingerprint density at radius 2 is 1.71 bits per heavy atom. The number of halogens is 3. The van der Waals surface area contributed by atoms with Crippen molar-refractivity contribution in [3.63, 3.8) is 0 Å². The first-order valence-corrected chi connectivity index (χ1v) is 12.0. The number of rotatable bonds is 7. The topological polar surface area (TPSA) is 112 Å². The van der Waals surface area contributed by atoms with Crippen LogP contribution in [0.4, 0.5) is 24.8 Å². The highest BCUT2D eigenvalue weighted by atomic mass is 19.4. The third kappa shape index (κ3) is 5.58. The summed E-state index contributed by atoms with van der Waals surface area (Å²) in [5, 5.41) is 13.6. The zero-order chi connectivity index (χ0) is 26.7. The minimum atomic E-state index is -4.51. The van der Waals surface area contributed by atoms with Gasteiger partial charge < -0.3 is 15.3 Å². The number of aliphatic hydroxyl groups excluding tert-OH is 1. The van der Waals surface area contributed by atoms with Crippen LogP contribution in [0.1, 0.15) is 12.0 Å². The van der Waals surface area contributed by atoms with Crippen molar-refractivity contribution in [1.82, 2.24) is 29.4 Å². The summed E-state index contributed by atoms with van der Waals surface area (Å²) in [6.07, 6.45) is 2.16. The Bertz CT molecular complexity index is 1390. The Hall–Kier alpha value is -4.10. The number of hydrogen-bond acceptors (Lipinski definition) is 8. The van der Waals surface area contributed by atoms with Crippen LogP contribution in [-0.4, -0.2) is 79.2 Å². The molecule has 198 valence electrons. The van der Waals surface area contributed by atoms with Gasteiger partial charge in [-0.05, 0) is 30.3 Å². The van der Waals surface area contributed by atoms with Crippen molar-refractivity contribution in [3.8, 4) is 5.95 Å². The predicted octanol–water partition coefficient (Wildman–Crippen LogP) is 2.74. The maximum Gasteiger partial charge on any atom is 0.419 e. The molecule has 3 aromatic heterocycles. The molecule has 1 aromatic carbocycles. The number of benzene rings is 1. The van der Waals surface area contributed by atoms with E-state index in [9.17, 15) is 23.1 Å². The second-order valence-corrected chi connectivity index (χ2v) is 8.89. The van der Waals surface area contributed by atoms with Gasteiger partial charge in [0.25, 0.3) is 0 Å². The number of piperazine rings is 1. The van der Waals surface area contributed by atoms with Crippen molar-refractivity contribution in [2.75, 3.05) is 43.0 Å². The van der Waals surface area contributed by atoms with E-state index in [1.54, 1.807) is 53.5 Å². The Kier molecular flexibility index (Phi) is 7.20. The summed E-state index contributed by atoms with van der Waals surface area (Å²) in [6.45, 7) is 2.58. The molecule has 1 fully saturated rings. The molecule has 13 heteroatoms. The first kappa shape index (κ1) is 25.5. The van der Waals surface area contributed by atoms with Gasteiger partial charge in [0.2, 0.25) is 17.8 Å². The van der Waals surface area contributed by atoms with E-state index >= 15 is 0 Å². The third-order valence-electron chi connectivity index (χ3n) is 6.45. The highest BCUT2D eigenvalue weighted by Crippen LogP contribution is 2.29. The largest absolute Gasteiger partial charge is 0.419 e. The standard InChI is InChI=1S/C25H25F3N8O2/c26-25(27,28)18-14-31-24(32-15-18)36-7-4-17-12-19(2-3-21(17)36)33-22(38)13-20(16-37)34-8-10-35(11-9-34)23-29-5-1-6-30-23/h1-7,12,14-15,20,37H,8-11,13,16H2,(H,33,38). The Morgan fingerprint density at radius 3 is 2.37 bits per heavy atom. The number of hydrogen-bond donors (Lipinski definition) is 2. The maximum atomic E-state index is 12.8. The molecule has 1 aliphatic heterocycles. The van der Waals surface area contributed by atoms with Gasteiger partial charge in [0.15, 0.2) is 0 Å². The summed E-state index contributed by atoms with van der Waals surface area (Å²) in [4.78, 5) is 33.2. The summed E-state index contributed by atoms with van der Waals surface area (Å²) in [5.41, 5.74) is 0.323. The monoisotopic (exact) mass is 526 g/mol. The number of nitrogens with one attached hydrogen (secondary N) is 1. The predicted molar refractivity (Wildman–Crippen MR) is 134 cm³/mol. The molecule has 0 saturated carbocycles. The summed E-state index contributed by atoms with van der Waals surface area (Å²) in [5.74, 6) is 0.539. The van der Waals surface area contributed by atoms with E-state index in [-0.39, 0.29) is 30.9 Å². The zero-order valence-electron chi connectivity index (χ0n) is 20.2. The number of aliphatic hydroxyl groups is 1. The van der Waals surface area contributed by atoms with E-state index in [4.69, 9.17) is 0 Å². The number of anilines is 2. The molecule has 0 aliphatic carbocycles. The average molecular weight is 527 g/mol. The van der Waals surface area contributed by atoms with Crippen molar-refractivity contribution in [3.05, 3.63) is 66.9 Å². The number of carbonyl (C=O) groups is 1. The molecule has 2 N–H and O–H groups in total. The fraction of sp³-hybridized carbons (Fsp3) is 0.320. The smallest absolute Gasteiger partial charge is 0.395 e. The molecule has 1 atom stereocenters. The average Bonchev–Trinajstić information content (AvgIpc) is 3.35. The van der Waals surface area contributed by atoms with Crippen LogP contribution < -0.4 is 10.2 Å². The van der Waals surface area contributed by atoms with Crippen LogP contribution in [0.5, 0.6) is 0 Å². The highest BCUT2D eigenvalue weighted by Gasteiger charge is 2.31. The number of amides is 1. The van der Waals surface area contributed by atoms with E-state index < -0.39 is 11.7 Å². The van der Waals surface area contributed by atoms with Gasteiger partial charge in [-0.3, -0.25) is 14.3 Å². The minimum absolute atomic E-state index is 0.106.